The van der Waals surface area contributed by atoms with Crippen molar-refractivity contribution in [1.82, 2.24) is 0 Å². The largest absolute Gasteiger partial charge is 0.870 e. The molecule has 0 radical (unpaired) electrons. The summed E-state index contributed by atoms with van der Waals surface area (Å²) >= 11 is 0. The van der Waals surface area contributed by atoms with Gasteiger partial charge in [-0.15, -0.1) is 0 Å². The van der Waals surface area contributed by atoms with Crippen LogP contribution < -0.4 is 5.73 Å². The summed E-state index contributed by atoms with van der Waals surface area (Å²) < 4.78 is 0. The van der Waals surface area contributed by atoms with E-state index in [0.29, 0.717) is 0 Å². The molecule has 0 saturated carbocycles. The monoisotopic (exact) mass is 293 g/mol. The lowest BCUT2D eigenvalue weighted by atomic mass is 9.78. The van der Waals surface area contributed by atoms with E-state index in [9.17, 15) is 0 Å². The molecule has 1 aromatic rings. The summed E-state index contributed by atoms with van der Waals surface area (Å²) in [6.07, 6.45) is 11.3. The van der Waals surface area contributed by atoms with E-state index in [1.807, 2.05) is 0 Å². The molecule has 122 valence electrons. The normalized spacial score (nSPS) is 11.2. The third kappa shape index (κ3) is 6.19. The molecule has 1 aromatic carbocycles. The van der Waals surface area contributed by atoms with Crippen molar-refractivity contribution in [3.8, 4) is 0 Å². The van der Waals surface area contributed by atoms with Crippen LogP contribution in [0.25, 0.3) is 0 Å². The van der Waals surface area contributed by atoms with E-state index in [1.165, 1.54) is 68.9 Å². The SMILES string of the molecule is CCCCc1ccccc1C([NH3+])(CCCC)CCCC.[OH-]. The van der Waals surface area contributed by atoms with Gasteiger partial charge < -0.3 is 11.2 Å². The molecule has 1 rings (SSSR count). The molecule has 0 aliphatic carbocycles. The molecule has 4 N–H and O–H groups in total. The van der Waals surface area contributed by atoms with Gasteiger partial charge in [-0.2, -0.15) is 0 Å². The van der Waals surface area contributed by atoms with Crippen LogP contribution in [0.1, 0.15) is 83.3 Å². The molecule has 0 atom stereocenters. The number of aryl methyl sites for hydroxylation is 1. The molecule has 0 spiro atoms. The average molecular weight is 293 g/mol. The quantitative estimate of drug-likeness (QED) is 0.669. The van der Waals surface area contributed by atoms with Gasteiger partial charge in [0.25, 0.3) is 0 Å². The molecule has 0 fully saturated rings. The Labute approximate surface area is 131 Å². The Morgan fingerprint density at radius 1 is 0.857 bits per heavy atom. The lowest BCUT2D eigenvalue weighted by Crippen LogP contribution is -2.70. The molecule has 0 aromatic heterocycles. The molecule has 0 aliphatic rings. The summed E-state index contributed by atoms with van der Waals surface area (Å²) in [5.74, 6) is 0. The number of quaternary nitrogens is 1. The van der Waals surface area contributed by atoms with Crippen LogP contribution in [0.5, 0.6) is 0 Å². The van der Waals surface area contributed by atoms with Gasteiger partial charge in [-0.1, -0.05) is 64.3 Å². The second-order valence-electron chi connectivity index (χ2n) is 6.25. The van der Waals surface area contributed by atoms with Gasteiger partial charge in [-0.3, -0.25) is 0 Å². The van der Waals surface area contributed by atoms with E-state index in [-0.39, 0.29) is 11.0 Å². The first kappa shape index (κ1) is 20.1. The van der Waals surface area contributed by atoms with Crippen molar-refractivity contribution in [2.45, 2.75) is 84.1 Å². The molecule has 2 heteroatoms. The zero-order chi connectivity index (χ0) is 14.8. The Morgan fingerprint density at radius 3 is 1.90 bits per heavy atom. The molecular weight excluding hydrogens is 258 g/mol. The van der Waals surface area contributed by atoms with Crippen molar-refractivity contribution in [2.75, 3.05) is 0 Å². The Kier molecular flexibility index (Phi) is 10.4. The predicted octanol–water partition coefficient (Wildman–Crippen LogP) is 4.67. The number of benzene rings is 1. The summed E-state index contributed by atoms with van der Waals surface area (Å²) in [5.41, 5.74) is 7.88. The van der Waals surface area contributed by atoms with Gasteiger partial charge in [0.05, 0.1) is 0 Å². The van der Waals surface area contributed by atoms with Crippen molar-refractivity contribution in [3.63, 3.8) is 0 Å². The molecule has 2 nitrogen and oxygen atoms in total. The molecule has 0 amide bonds. The molecule has 21 heavy (non-hydrogen) atoms. The van der Waals surface area contributed by atoms with Gasteiger partial charge in [-0.25, -0.2) is 0 Å². The molecule has 0 bridgehead atoms. The van der Waals surface area contributed by atoms with Gasteiger partial charge in [0.1, 0.15) is 5.54 Å². The van der Waals surface area contributed by atoms with Crippen LogP contribution in [0.2, 0.25) is 0 Å². The number of hydrogen-bond donors (Lipinski definition) is 1. The Bertz CT molecular complexity index is 368. The molecule has 0 saturated heterocycles. The van der Waals surface area contributed by atoms with Crippen LogP contribution in [0.3, 0.4) is 0 Å². The first-order valence-electron chi connectivity index (χ1n) is 8.61. The van der Waals surface area contributed by atoms with Crippen molar-refractivity contribution < 1.29 is 11.2 Å². The highest BCUT2D eigenvalue weighted by Crippen LogP contribution is 2.31. The Balaban J connectivity index is 0.00000400. The van der Waals surface area contributed by atoms with Crippen LogP contribution in [-0.2, 0) is 12.0 Å². The molecular formula is C19H35NO. The fourth-order valence-electron chi connectivity index (χ4n) is 3.05. The topological polar surface area (TPSA) is 57.6 Å². The first-order valence-corrected chi connectivity index (χ1v) is 8.61. The third-order valence-corrected chi connectivity index (χ3v) is 4.41. The highest BCUT2D eigenvalue weighted by Gasteiger charge is 2.32. The molecule has 0 heterocycles. The van der Waals surface area contributed by atoms with Crippen molar-refractivity contribution in [2.24, 2.45) is 0 Å². The summed E-state index contributed by atoms with van der Waals surface area (Å²) in [4.78, 5) is 0. The standard InChI is InChI=1S/C19H33N.H2O/c1-4-7-12-17-13-10-11-14-18(17)19(20,15-8-5-2)16-9-6-3;/h10-11,13-14H,4-9,12,15-16,20H2,1-3H3;1H2. The minimum Gasteiger partial charge on any atom is -0.870 e. The van der Waals surface area contributed by atoms with E-state index >= 15 is 0 Å². The maximum atomic E-state index is 4.68. The molecule has 0 unspecified atom stereocenters. The number of rotatable bonds is 10. The van der Waals surface area contributed by atoms with Gasteiger partial charge in [0, 0.05) is 18.4 Å². The number of unbranched alkanes of at least 4 members (excludes halogenated alkanes) is 3. The highest BCUT2D eigenvalue weighted by atomic mass is 16.0. The predicted molar refractivity (Wildman–Crippen MR) is 90.6 cm³/mol. The van der Waals surface area contributed by atoms with E-state index < -0.39 is 0 Å². The van der Waals surface area contributed by atoms with Crippen LogP contribution in [-0.4, -0.2) is 5.48 Å². The van der Waals surface area contributed by atoms with Gasteiger partial charge >= 0.3 is 0 Å². The zero-order valence-corrected chi connectivity index (χ0v) is 14.3. The zero-order valence-electron chi connectivity index (χ0n) is 14.3. The van der Waals surface area contributed by atoms with E-state index in [2.05, 4.69) is 50.8 Å². The van der Waals surface area contributed by atoms with Crippen LogP contribution in [0.15, 0.2) is 24.3 Å². The summed E-state index contributed by atoms with van der Waals surface area (Å²) in [6, 6.07) is 9.04. The Hall–Kier alpha value is -0.860. The summed E-state index contributed by atoms with van der Waals surface area (Å²) in [6.45, 7) is 6.83. The minimum atomic E-state index is 0. The van der Waals surface area contributed by atoms with Crippen molar-refractivity contribution in [1.29, 1.82) is 0 Å². The lowest BCUT2D eigenvalue weighted by molar-refractivity contribution is -0.492. The van der Waals surface area contributed by atoms with Crippen molar-refractivity contribution >= 4 is 0 Å². The average Bonchev–Trinajstić information content (AvgIpc) is 2.49. The van der Waals surface area contributed by atoms with Crippen LogP contribution in [0.4, 0.5) is 0 Å². The first-order chi connectivity index (χ1) is 9.68. The number of hydrogen-bond acceptors (Lipinski definition) is 1. The molecule has 0 aliphatic heterocycles. The fraction of sp³-hybridized carbons (Fsp3) is 0.684. The van der Waals surface area contributed by atoms with Gasteiger partial charge in [0.2, 0.25) is 0 Å². The van der Waals surface area contributed by atoms with E-state index in [0.717, 1.165) is 0 Å². The third-order valence-electron chi connectivity index (χ3n) is 4.41. The second-order valence-corrected chi connectivity index (χ2v) is 6.25. The lowest BCUT2D eigenvalue weighted by Gasteiger charge is -2.29. The summed E-state index contributed by atoms with van der Waals surface area (Å²) in [5, 5.41) is 0. The highest BCUT2D eigenvalue weighted by molar-refractivity contribution is 5.32. The maximum absolute atomic E-state index is 4.68. The fourth-order valence-corrected chi connectivity index (χ4v) is 3.05. The van der Waals surface area contributed by atoms with E-state index in [1.54, 1.807) is 0 Å². The smallest absolute Gasteiger partial charge is 0.120 e. The van der Waals surface area contributed by atoms with Crippen LogP contribution >= 0.6 is 0 Å². The second kappa shape index (κ2) is 10.8. The minimum absolute atomic E-state index is 0. The Morgan fingerprint density at radius 2 is 1.38 bits per heavy atom. The maximum Gasteiger partial charge on any atom is 0.120 e. The van der Waals surface area contributed by atoms with E-state index in [4.69, 9.17) is 0 Å². The van der Waals surface area contributed by atoms with Gasteiger partial charge in [0.15, 0.2) is 0 Å². The van der Waals surface area contributed by atoms with Crippen LogP contribution in [0, 0.1) is 0 Å². The van der Waals surface area contributed by atoms with Gasteiger partial charge in [-0.05, 0) is 31.2 Å². The van der Waals surface area contributed by atoms with Crippen molar-refractivity contribution in [3.05, 3.63) is 35.4 Å². The summed E-state index contributed by atoms with van der Waals surface area (Å²) in [7, 11) is 0.